The van der Waals surface area contributed by atoms with E-state index in [9.17, 15) is 13.2 Å². The van der Waals surface area contributed by atoms with Crippen LogP contribution in [0.15, 0.2) is 89.8 Å². The van der Waals surface area contributed by atoms with Crippen molar-refractivity contribution in [3.8, 4) is 0 Å². The van der Waals surface area contributed by atoms with Crippen molar-refractivity contribution >= 4 is 44.0 Å². The first-order chi connectivity index (χ1) is 15.9. The number of rotatable bonds is 4. The summed E-state index contributed by atoms with van der Waals surface area (Å²) in [6.07, 6.45) is 0.650. The van der Waals surface area contributed by atoms with Gasteiger partial charge >= 0.3 is 0 Å². The molecule has 4 aromatic carbocycles. The van der Waals surface area contributed by atoms with Crippen molar-refractivity contribution < 1.29 is 13.2 Å². The number of benzene rings is 4. The lowest BCUT2D eigenvalue weighted by molar-refractivity contribution is 0.102. The molecule has 0 unspecified atom stereocenters. The lowest BCUT2D eigenvalue weighted by atomic mass is 10.0. The van der Waals surface area contributed by atoms with Gasteiger partial charge in [-0.2, -0.15) is 4.31 Å². The summed E-state index contributed by atoms with van der Waals surface area (Å²) >= 11 is 6.31. The van der Waals surface area contributed by atoms with Crippen molar-refractivity contribution in [2.24, 2.45) is 0 Å². The zero-order valence-electron chi connectivity index (χ0n) is 17.7. The number of sulfonamides is 1. The van der Waals surface area contributed by atoms with Gasteiger partial charge in [0.2, 0.25) is 10.0 Å². The highest BCUT2D eigenvalue weighted by molar-refractivity contribution is 7.89. The maximum absolute atomic E-state index is 13.4. The number of fused-ring (bicyclic) bond motifs is 2. The first-order valence-electron chi connectivity index (χ1n) is 10.6. The van der Waals surface area contributed by atoms with Gasteiger partial charge in [-0.3, -0.25) is 4.79 Å². The minimum Gasteiger partial charge on any atom is -0.321 e. The second kappa shape index (κ2) is 8.63. The van der Waals surface area contributed by atoms with Crippen molar-refractivity contribution in [2.75, 3.05) is 11.9 Å². The van der Waals surface area contributed by atoms with Gasteiger partial charge in [0.25, 0.3) is 5.91 Å². The fourth-order valence-corrected chi connectivity index (χ4v) is 5.84. The second-order valence-electron chi connectivity index (χ2n) is 7.98. The molecule has 1 aliphatic rings. The van der Waals surface area contributed by atoms with Gasteiger partial charge in [0.1, 0.15) is 0 Å². The van der Waals surface area contributed by atoms with Gasteiger partial charge in [-0.25, -0.2) is 8.42 Å². The third-order valence-electron chi connectivity index (χ3n) is 5.95. The van der Waals surface area contributed by atoms with E-state index in [0.717, 1.165) is 21.9 Å². The summed E-state index contributed by atoms with van der Waals surface area (Å²) in [5, 5.41) is 4.95. The number of amides is 1. The molecule has 0 aromatic heterocycles. The Kier molecular flexibility index (Phi) is 5.66. The van der Waals surface area contributed by atoms with Gasteiger partial charge < -0.3 is 5.32 Å². The smallest absolute Gasteiger partial charge is 0.257 e. The molecule has 0 aliphatic carbocycles. The summed E-state index contributed by atoms with van der Waals surface area (Å²) in [7, 11) is -3.79. The molecule has 33 heavy (non-hydrogen) atoms. The van der Waals surface area contributed by atoms with E-state index in [2.05, 4.69) is 5.32 Å². The van der Waals surface area contributed by atoms with Crippen LogP contribution in [-0.4, -0.2) is 25.2 Å². The van der Waals surface area contributed by atoms with Crippen LogP contribution in [0.3, 0.4) is 0 Å². The molecule has 1 heterocycles. The molecule has 0 saturated carbocycles. The van der Waals surface area contributed by atoms with E-state index in [1.165, 1.54) is 22.5 Å². The molecular formula is C26H21ClN2O3S. The molecule has 5 rings (SSSR count). The van der Waals surface area contributed by atoms with Crippen LogP contribution in [0.5, 0.6) is 0 Å². The van der Waals surface area contributed by atoms with E-state index < -0.39 is 15.9 Å². The normalized spacial score (nSPS) is 14.1. The van der Waals surface area contributed by atoms with Gasteiger partial charge in [0.05, 0.1) is 15.5 Å². The molecule has 0 radical (unpaired) electrons. The predicted molar refractivity (Wildman–Crippen MR) is 131 cm³/mol. The fraction of sp³-hybridized carbons (Fsp3) is 0.115. The molecule has 4 aromatic rings. The molecule has 0 bridgehead atoms. The molecule has 0 fully saturated rings. The number of carbonyl (C=O) groups excluding carboxylic acids is 1. The van der Waals surface area contributed by atoms with Gasteiger partial charge in [-0.1, -0.05) is 72.3 Å². The van der Waals surface area contributed by atoms with E-state index in [-0.39, 0.29) is 15.5 Å². The SMILES string of the molecule is O=C(Nc1cccc2ccccc12)c1cc(S(=O)(=O)N2CCc3ccccc3C2)ccc1Cl. The lowest BCUT2D eigenvalue weighted by Crippen LogP contribution is -2.36. The minimum atomic E-state index is -3.79. The van der Waals surface area contributed by atoms with Crippen molar-refractivity contribution in [1.82, 2.24) is 4.31 Å². The van der Waals surface area contributed by atoms with Crippen LogP contribution in [0.25, 0.3) is 10.8 Å². The van der Waals surface area contributed by atoms with E-state index in [1.54, 1.807) is 6.07 Å². The Morgan fingerprint density at radius 2 is 1.61 bits per heavy atom. The van der Waals surface area contributed by atoms with Crippen LogP contribution in [0, 0.1) is 0 Å². The second-order valence-corrected chi connectivity index (χ2v) is 10.3. The third-order valence-corrected chi connectivity index (χ3v) is 8.12. The number of halogens is 1. The highest BCUT2D eigenvalue weighted by Gasteiger charge is 2.29. The Morgan fingerprint density at radius 3 is 2.45 bits per heavy atom. The summed E-state index contributed by atoms with van der Waals surface area (Å²) < 4.78 is 28.2. The van der Waals surface area contributed by atoms with Crippen molar-refractivity contribution in [3.05, 3.63) is 107 Å². The van der Waals surface area contributed by atoms with Crippen molar-refractivity contribution in [2.45, 2.75) is 17.9 Å². The van der Waals surface area contributed by atoms with Gasteiger partial charge in [0.15, 0.2) is 0 Å². The summed E-state index contributed by atoms with van der Waals surface area (Å²) in [6, 6.07) is 25.4. The molecular weight excluding hydrogens is 456 g/mol. The molecule has 1 N–H and O–H groups in total. The van der Waals surface area contributed by atoms with Crippen LogP contribution in [0.2, 0.25) is 5.02 Å². The number of anilines is 1. The van der Waals surface area contributed by atoms with Gasteiger partial charge in [-0.15, -0.1) is 0 Å². The predicted octanol–water partition coefficient (Wildman–Crippen LogP) is 5.49. The van der Waals surface area contributed by atoms with Crippen molar-refractivity contribution in [1.29, 1.82) is 0 Å². The standard InChI is InChI=1S/C26H21ClN2O3S/c27-24-13-12-21(33(31,32)29-15-14-18-6-1-2-8-20(18)17-29)16-23(24)26(30)28-25-11-5-9-19-7-3-4-10-22(19)25/h1-13,16H,14-15,17H2,(H,28,30). The molecule has 7 heteroatoms. The van der Waals surface area contributed by atoms with E-state index >= 15 is 0 Å². The van der Waals surface area contributed by atoms with Crippen LogP contribution < -0.4 is 5.32 Å². The number of hydrogen-bond acceptors (Lipinski definition) is 3. The minimum absolute atomic E-state index is 0.0503. The molecule has 0 saturated heterocycles. The Morgan fingerprint density at radius 1 is 0.879 bits per heavy atom. The molecule has 0 atom stereocenters. The number of carbonyl (C=O) groups is 1. The fourth-order valence-electron chi connectivity index (χ4n) is 4.19. The molecule has 5 nitrogen and oxygen atoms in total. The van der Waals surface area contributed by atoms with Gasteiger partial charge in [-0.05, 0) is 47.2 Å². The highest BCUT2D eigenvalue weighted by Crippen LogP contribution is 2.29. The Balaban J connectivity index is 1.45. The molecule has 1 amide bonds. The lowest BCUT2D eigenvalue weighted by Gasteiger charge is -2.28. The first-order valence-corrected chi connectivity index (χ1v) is 12.4. The average molecular weight is 477 g/mol. The zero-order valence-corrected chi connectivity index (χ0v) is 19.2. The van der Waals surface area contributed by atoms with Crippen LogP contribution in [-0.2, 0) is 23.0 Å². The number of nitrogens with zero attached hydrogens (tertiary/aromatic N) is 1. The van der Waals surface area contributed by atoms with Crippen molar-refractivity contribution in [3.63, 3.8) is 0 Å². The number of nitrogens with one attached hydrogen (secondary N) is 1. The molecule has 0 spiro atoms. The van der Waals surface area contributed by atoms with Crippen LogP contribution >= 0.6 is 11.6 Å². The zero-order chi connectivity index (χ0) is 23.0. The van der Waals surface area contributed by atoms with Crippen LogP contribution in [0.4, 0.5) is 5.69 Å². The number of hydrogen-bond donors (Lipinski definition) is 1. The summed E-state index contributed by atoms with van der Waals surface area (Å²) in [5.74, 6) is -0.461. The van der Waals surface area contributed by atoms with Gasteiger partial charge in [0, 0.05) is 24.2 Å². The maximum Gasteiger partial charge on any atom is 0.257 e. The third kappa shape index (κ3) is 4.13. The van der Waals surface area contributed by atoms with E-state index in [0.29, 0.717) is 25.2 Å². The Labute approximate surface area is 197 Å². The monoisotopic (exact) mass is 476 g/mol. The maximum atomic E-state index is 13.4. The molecule has 1 aliphatic heterocycles. The Bertz CT molecular complexity index is 1480. The average Bonchev–Trinajstić information content (AvgIpc) is 2.84. The summed E-state index contributed by atoms with van der Waals surface area (Å²) in [4.78, 5) is 13.1. The topological polar surface area (TPSA) is 66.5 Å². The summed E-state index contributed by atoms with van der Waals surface area (Å²) in [5.41, 5.74) is 2.91. The first kappa shape index (κ1) is 21.6. The van der Waals surface area contributed by atoms with E-state index in [1.807, 2.05) is 60.7 Å². The Hall–Kier alpha value is -3.19. The van der Waals surface area contributed by atoms with E-state index in [4.69, 9.17) is 11.6 Å². The largest absolute Gasteiger partial charge is 0.321 e. The summed E-state index contributed by atoms with van der Waals surface area (Å²) in [6.45, 7) is 0.693. The molecule has 166 valence electrons. The highest BCUT2D eigenvalue weighted by atomic mass is 35.5. The quantitative estimate of drug-likeness (QED) is 0.423. The van der Waals surface area contributed by atoms with Crippen LogP contribution in [0.1, 0.15) is 21.5 Å².